The van der Waals surface area contributed by atoms with E-state index in [1.165, 1.54) is 4.46 Å². The fourth-order valence-corrected chi connectivity index (χ4v) is 5.51. The van der Waals surface area contributed by atoms with E-state index >= 15 is 0 Å². The second-order valence-electron chi connectivity index (χ2n) is 4.81. The van der Waals surface area contributed by atoms with Crippen LogP contribution < -0.4 is 4.46 Å². The van der Waals surface area contributed by atoms with E-state index in [1.54, 1.807) is 0 Å². The molecule has 2 bridgehead atoms. The van der Waals surface area contributed by atoms with Gasteiger partial charge in [0, 0.05) is 0 Å². The fourth-order valence-electron chi connectivity index (χ4n) is 2.60. The van der Waals surface area contributed by atoms with Crippen LogP contribution in [0.25, 0.3) is 0 Å². The van der Waals surface area contributed by atoms with Gasteiger partial charge in [0.05, 0.1) is 0 Å². The Morgan fingerprint density at radius 2 is 1.47 bits per heavy atom. The Morgan fingerprint density at radius 1 is 0.882 bits per heavy atom. The predicted molar refractivity (Wildman–Crippen MR) is 74.6 cm³/mol. The van der Waals surface area contributed by atoms with Crippen LogP contribution in [0.5, 0.6) is 0 Å². The second kappa shape index (κ2) is 4.33. The molecule has 1 aromatic rings. The van der Waals surface area contributed by atoms with E-state index in [1.807, 2.05) is 0 Å². The molecule has 0 N–H and O–H groups in total. The summed E-state index contributed by atoms with van der Waals surface area (Å²) in [5.74, 6) is 1.20. The molecule has 0 heterocycles. The standard InChI is InChI=1S/C16H16Se/c1-16(17-15-9-3-2-4-10-15)13-7-5-6-8-14(16)12-11-13/h2-14H,1H3. The molecule has 2 aliphatic rings. The molecule has 2 atom stereocenters. The first kappa shape index (κ1) is 11.1. The van der Waals surface area contributed by atoms with E-state index in [2.05, 4.69) is 73.7 Å². The number of hydrogen-bond acceptors (Lipinski definition) is 0. The van der Waals surface area contributed by atoms with E-state index < -0.39 is 0 Å². The van der Waals surface area contributed by atoms with Gasteiger partial charge in [0.25, 0.3) is 0 Å². The quantitative estimate of drug-likeness (QED) is 0.579. The average molecular weight is 287 g/mol. The molecule has 1 heteroatoms. The van der Waals surface area contributed by atoms with Gasteiger partial charge in [0.15, 0.2) is 0 Å². The number of hydrogen-bond donors (Lipinski definition) is 0. The van der Waals surface area contributed by atoms with Crippen molar-refractivity contribution in [2.45, 2.75) is 11.2 Å². The van der Waals surface area contributed by atoms with E-state index in [-0.39, 0.29) is 0 Å². The van der Waals surface area contributed by atoms with E-state index in [0.717, 1.165) is 0 Å². The molecule has 17 heavy (non-hydrogen) atoms. The summed E-state index contributed by atoms with van der Waals surface area (Å²) in [6.07, 6.45) is 13.9. The van der Waals surface area contributed by atoms with Crippen LogP contribution >= 0.6 is 0 Å². The van der Waals surface area contributed by atoms with Gasteiger partial charge in [-0.1, -0.05) is 0 Å². The first-order chi connectivity index (χ1) is 8.29. The third-order valence-corrected chi connectivity index (χ3v) is 6.81. The van der Waals surface area contributed by atoms with Crippen LogP contribution in [-0.2, 0) is 0 Å². The van der Waals surface area contributed by atoms with Gasteiger partial charge in [-0.3, -0.25) is 0 Å². The van der Waals surface area contributed by atoms with Crippen molar-refractivity contribution in [3.63, 3.8) is 0 Å². The zero-order valence-electron chi connectivity index (χ0n) is 9.91. The summed E-state index contributed by atoms with van der Waals surface area (Å²) >= 11 is 0.506. The van der Waals surface area contributed by atoms with Gasteiger partial charge < -0.3 is 0 Å². The molecule has 0 nitrogen and oxygen atoms in total. The molecule has 3 rings (SSSR count). The molecular formula is C16H16Se. The maximum absolute atomic E-state index is 2.44. The van der Waals surface area contributed by atoms with Crippen molar-refractivity contribution in [1.29, 1.82) is 0 Å². The summed E-state index contributed by atoms with van der Waals surface area (Å²) in [6.45, 7) is 2.44. The molecule has 0 saturated heterocycles. The molecule has 2 aliphatic carbocycles. The molecule has 0 fully saturated rings. The van der Waals surface area contributed by atoms with Crippen molar-refractivity contribution in [2.75, 3.05) is 0 Å². The van der Waals surface area contributed by atoms with Crippen molar-refractivity contribution in [3.05, 3.63) is 66.8 Å². The molecule has 2 unspecified atom stereocenters. The molecule has 0 radical (unpaired) electrons. The zero-order valence-corrected chi connectivity index (χ0v) is 11.6. The first-order valence-electron chi connectivity index (χ1n) is 6.06. The van der Waals surface area contributed by atoms with Gasteiger partial charge in [-0.25, -0.2) is 0 Å². The maximum atomic E-state index is 2.44. The molecule has 0 amide bonds. The van der Waals surface area contributed by atoms with Gasteiger partial charge in [0.2, 0.25) is 0 Å². The molecular weight excluding hydrogens is 271 g/mol. The van der Waals surface area contributed by atoms with Crippen LogP contribution in [0.4, 0.5) is 0 Å². The number of fused-ring (bicyclic) bond motifs is 2. The first-order valence-corrected chi connectivity index (χ1v) is 7.78. The Hall–Kier alpha value is -1.04. The number of benzene rings is 1. The Balaban J connectivity index is 1.92. The normalized spacial score (nSPS) is 33.9. The predicted octanol–water partition coefficient (Wildman–Crippen LogP) is 3.12. The minimum absolute atomic E-state index is 0.373. The van der Waals surface area contributed by atoms with E-state index in [4.69, 9.17) is 0 Å². The molecule has 1 aromatic carbocycles. The molecule has 0 aromatic heterocycles. The summed E-state index contributed by atoms with van der Waals surface area (Å²) in [5.41, 5.74) is 0. The van der Waals surface area contributed by atoms with Gasteiger partial charge >= 0.3 is 109 Å². The SMILES string of the molecule is CC1([Se]c2ccccc2)C2C=CC=CC1C=C2. The summed E-state index contributed by atoms with van der Waals surface area (Å²) in [6, 6.07) is 10.9. The fraction of sp³-hybridized carbons (Fsp3) is 0.250. The molecule has 0 spiro atoms. The average Bonchev–Trinajstić information content (AvgIpc) is 2.49. The Kier molecular flexibility index (Phi) is 2.82. The second-order valence-corrected chi connectivity index (χ2v) is 8.07. The van der Waals surface area contributed by atoms with Crippen LogP contribution in [0.2, 0.25) is 4.31 Å². The van der Waals surface area contributed by atoms with Crippen LogP contribution in [-0.4, -0.2) is 15.0 Å². The topological polar surface area (TPSA) is 0 Å². The summed E-state index contributed by atoms with van der Waals surface area (Å²) in [5, 5.41) is 0. The molecule has 0 saturated carbocycles. The van der Waals surface area contributed by atoms with Crippen LogP contribution in [0.1, 0.15) is 6.92 Å². The third-order valence-electron chi connectivity index (χ3n) is 3.68. The number of allylic oxidation sites excluding steroid dienone is 6. The summed E-state index contributed by atoms with van der Waals surface area (Å²) in [7, 11) is 0. The van der Waals surface area contributed by atoms with Crippen LogP contribution in [0.3, 0.4) is 0 Å². The van der Waals surface area contributed by atoms with Crippen molar-refractivity contribution in [2.24, 2.45) is 11.8 Å². The van der Waals surface area contributed by atoms with Gasteiger partial charge in [-0.2, -0.15) is 0 Å². The third kappa shape index (κ3) is 1.94. The van der Waals surface area contributed by atoms with Crippen molar-refractivity contribution in [1.82, 2.24) is 0 Å². The van der Waals surface area contributed by atoms with Crippen molar-refractivity contribution < 1.29 is 0 Å². The Bertz CT molecular complexity index is 460. The molecule has 0 aliphatic heterocycles. The zero-order chi connectivity index (χ0) is 11.7. The monoisotopic (exact) mass is 288 g/mol. The van der Waals surface area contributed by atoms with Gasteiger partial charge in [-0.05, 0) is 0 Å². The van der Waals surface area contributed by atoms with Crippen molar-refractivity contribution >= 4 is 19.4 Å². The number of rotatable bonds is 2. The Labute approximate surface area is 109 Å². The van der Waals surface area contributed by atoms with Gasteiger partial charge in [-0.15, -0.1) is 0 Å². The van der Waals surface area contributed by atoms with Crippen LogP contribution in [0.15, 0.2) is 66.8 Å². The van der Waals surface area contributed by atoms with Crippen molar-refractivity contribution in [3.8, 4) is 0 Å². The summed E-state index contributed by atoms with van der Waals surface area (Å²) < 4.78 is 1.88. The van der Waals surface area contributed by atoms with E-state index in [9.17, 15) is 0 Å². The van der Waals surface area contributed by atoms with Crippen LogP contribution in [0, 0.1) is 11.8 Å². The molecule has 86 valence electrons. The van der Waals surface area contributed by atoms with E-state index in [0.29, 0.717) is 31.1 Å². The summed E-state index contributed by atoms with van der Waals surface area (Å²) in [4.78, 5) is 0. The van der Waals surface area contributed by atoms with Gasteiger partial charge in [0.1, 0.15) is 0 Å². The Morgan fingerprint density at radius 3 is 2.06 bits per heavy atom. The minimum atomic E-state index is 0.373.